The van der Waals surface area contributed by atoms with E-state index in [0.29, 0.717) is 18.6 Å². The van der Waals surface area contributed by atoms with E-state index in [1.165, 1.54) is 40.7 Å². The van der Waals surface area contributed by atoms with E-state index in [-0.39, 0.29) is 34.9 Å². The standard InChI is InChI=1S/C20H17NO7S/c22-19-7-5-14-4-6-16(13-18(14)28-19)27-20(23)15-2-1-3-17(12-15)29(24,25)21-8-10-26-11-9-21/h1-7,12-13H,8-11H2. The molecule has 2 aromatic carbocycles. The molecular formula is C20H17NO7S. The number of benzene rings is 2. The topological polar surface area (TPSA) is 103 Å². The highest BCUT2D eigenvalue weighted by molar-refractivity contribution is 7.89. The van der Waals surface area contributed by atoms with Gasteiger partial charge in [0.1, 0.15) is 11.3 Å². The van der Waals surface area contributed by atoms with Gasteiger partial charge in [0, 0.05) is 30.6 Å². The summed E-state index contributed by atoms with van der Waals surface area (Å²) in [5.74, 6) is -0.542. The highest BCUT2D eigenvalue weighted by atomic mass is 32.2. The second-order valence-electron chi connectivity index (χ2n) is 6.39. The van der Waals surface area contributed by atoms with Crippen LogP contribution in [0, 0.1) is 0 Å². The minimum Gasteiger partial charge on any atom is -0.423 e. The van der Waals surface area contributed by atoms with Crippen molar-refractivity contribution in [3.05, 3.63) is 70.6 Å². The van der Waals surface area contributed by atoms with Crippen LogP contribution in [-0.4, -0.2) is 45.0 Å². The van der Waals surface area contributed by atoms with Gasteiger partial charge in [-0.3, -0.25) is 0 Å². The van der Waals surface area contributed by atoms with E-state index >= 15 is 0 Å². The monoisotopic (exact) mass is 415 g/mol. The minimum absolute atomic E-state index is 0.0124. The van der Waals surface area contributed by atoms with Crippen molar-refractivity contribution in [3.63, 3.8) is 0 Å². The van der Waals surface area contributed by atoms with E-state index in [9.17, 15) is 18.0 Å². The quantitative estimate of drug-likeness (QED) is 0.365. The molecule has 1 aliphatic heterocycles. The first-order valence-corrected chi connectivity index (χ1v) is 10.3. The minimum atomic E-state index is -3.73. The maximum atomic E-state index is 12.8. The van der Waals surface area contributed by atoms with Gasteiger partial charge in [-0.2, -0.15) is 4.31 Å². The Kier molecular flexibility index (Phi) is 5.18. The number of nitrogens with zero attached hydrogens (tertiary/aromatic N) is 1. The van der Waals surface area contributed by atoms with E-state index < -0.39 is 21.6 Å². The Morgan fingerprint density at radius 3 is 2.55 bits per heavy atom. The van der Waals surface area contributed by atoms with Gasteiger partial charge in [0.15, 0.2) is 0 Å². The molecule has 2 heterocycles. The van der Waals surface area contributed by atoms with Gasteiger partial charge in [0.05, 0.1) is 23.7 Å². The predicted molar refractivity (Wildman–Crippen MR) is 103 cm³/mol. The largest absolute Gasteiger partial charge is 0.423 e. The molecule has 0 aliphatic carbocycles. The number of hydrogen-bond donors (Lipinski definition) is 0. The number of sulfonamides is 1. The molecule has 0 saturated carbocycles. The first-order chi connectivity index (χ1) is 13.9. The lowest BCUT2D eigenvalue weighted by atomic mass is 10.2. The van der Waals surface area contributed by atoms with E-state index in [1.807, 2.05) is 0 Å². The van der Waals surface area contributed by atoms with E-state index in [1.54, 1.807) is 18.2 Å². The lowest BCUT2D eigenvalue weighted by Gasteiger charge is -2.26. The molecule has 150 valence electrons. The van der Waals surface area contributed by atoms with Crippen molar-refractivity contribution in [1.82, 2.24) is 4.31 Å². The number of fused-ring (bicyclic) bond motifs is 1. The van der Waals surface area contributed by atoms with Gasteiger partial charge >= 0.3 is 11.6 Å². The molecule has 0 bridgehead atoms. The van der Waals surface area contributed by atoms with Crippen LogP contribution in [0.1, 0.15) is 10.4 Å². The highest BCUT2D eigenvalue weighted by Crippen LogP contribution is 2.22. The summed E-state index contributed by atoms with van der Waals surface area (Å²) in [7, 11) is -3.73. The summed E-state index contributed by atoms with van der Waals surface area (Å²) in [6.45, 7) is 1.19. The normalized spacial score (nSPS) is 15.3. The Hall–Kier alpha value is -3.01. The zero-order valence-electron chi connectivity index (χ0n) is 15.2. The molecule has 1 saturated heterocycles. The van der Waals surface area contributed by atoms with Gasteiger partial charge in [0.2, 0.25) is 10.0 Å². The van der Waals surface area contributed by atoms with Gasteiger partial charge in [-0.15, -0.1) is 0 Å². The lowest BCUT2D eigenvalue weighted by molar-refractivity contribution is 0.0727. The SMILES string of the molecule is O=C(Oc1ccc2ccc(=O)oc2c1)c1cccc(S(=O)(=O)N2CCOCC2)c1. The molecule has 1 aliphatic rings. The van der Waals surface area contributed by atoms with Crippen molar-refractivity contribution < 1.29 is 27.1 Å². The van der Waals surface area contributed by atoms with Crippen molar-refractivity contribution in [1.29, 1.82) is 0 Å². The fraction of sp³-hybridized carbons (Fsp3) is 0.200. The van der Waals surface area contributed by atoms with Crippen LogP contribution >= 0.6 is 0 Å². The molecule has 4 rings (SSSR count). The average Bonchev–Trinajstić information content (AvgIpc) is 2.74. The Labute approximate surface area is 166 Å². The van der Waals surface area contributed by atoms with Crippen molar-refractivity contribution in [2.24, 2.45) is 0 Å². The molecule has 0 radical (unpaired) electrons. The molecule has 0 unspecified atom stereocenters. The first kappa shape index (κ1) is 19.3. The third-order valence-corrected chi connectivity index (χ3v) is 6.38. The summed E-state index contributed by atoms with van der Waals surface area (Å²) in [5, 5.41) is 0.683. The predicted octanol–water partition coefficient (Wildman–Crippen LogP) is 2.03. The Bertz CT molecular complexity index is 1230. The van der Waals surface area contributed by atoms with E-state index in [2.05, 4.69) is 0 Å². The Morgan fingerprint density at radius 1 is 1.00 bits per heavy atom. The maximum absolute atomic E-state index is 12.8. The molecule has 9 heteroatoms. The van der Waals surface area contributed by atoms with Crippen LogP contribution in [0.3, 0.4) is 0 Å². The number of carbonyl (C=O) groups is 1. The second kappa shape index (κ2) is 7.78. The second-order valence-corrected chi connectivity index (χ2v) is 8.33. The molecule has 29 heavy (non-hydrogen) atoms. The van der Waals surface area contributed by atoms with Crippen LogP contribution < -0.4 is 10.4 Å². The smallest absolute Gasteiger partial charge is 0.343 e. The molecule has 0 N–H and O–H groups in total. The van der Waals surface area contributed by atoms with Crippen molar-refractivity contribution in [3.8, 4) is 5.75 Å². The molecule has 0 spiro atoms. The third-order valence-electron chi connectivity index (χ3n) is 4.48. The molecule has 0 atom stereocenters. The third kappa shape index (κ3) is 4.07. The van der Waals surface area contributed by atoms with Crippen LogP contribution in [0.2, 0.25) is 0 Å². The maximum Gasteiger partial charge on any atom is 0.343 e. The molecule has 0 amide bonds. The van der Waals surface area contributed by atoms with Crippen molar-refractivity contribution >= 4 is 27.0 Å². The molecule has 3 aromatic rings. The van der Waals surface area contributed by atoms with Crippen LogP contribution in [0.4, 0.5) is 0 Å². The van der Waals surface area contributed by atoms with Crippen LogP contribution in [-0.2, 0) is 14.8 Å². The van der Waals surface area contributed by atoms with Gasteiger partial charge in [0.25, 0.3) is 0 Å². The Balaban J connectivity index is 1.58. The van der Waals surface area contributed by atoms with Crippen molar-refractivity contribution in [2.75, 3.05) is 26.3 Å². The van der Waals surface area contributed by atoms with Gasteiger partial charge in [-0.05, 0) is 36.4 Å². The number of ether oxygens (including phenoxy) is 2. The summed E-state index contributed by atoms with van der Waals surface area (Å²) in [6, 6.07) is 13.2. The van der Waals surface area contributed by atoms with E-state index in [0.717, 1.165) is 0 Å². The number of rotatable bonds is 4. The van der Waals surface area contributed by atoms with Gasteiger partial charge in [-0.1, -0.05) is 6.07 Å². The molecule has 1 fully saturated rings. The molecule has 1 aromatic heterocycles. The summed E-state index contributed by atoms with van der Waals surface area (Å²) in [4.78, 5) is 23.9. The number of hydrogen-bond acceptors (Lipinski definition) is 7. The van der Waals surface area contributed by atoms with Crippen LogP contribution in [0.15, 0.2) is 68.7 Å². The van der Waals surface area contributed by atoms with Crippen molar-refractivity contribution in [2.45, 2.75) is 4.90 Å². The number of morpholine rings is 1. The summed E-state index contributed by atoms with van der Waals surface area (Å²) < 4.78 is 42.5. The lowest BCUT2D eigenvalue weighted by Crippen LogP contribution is -2.40. The van der Waals surface area contributed by atoms with Crippen LogP contribution in [0.25, 0.3) is 11.0 Å². The summed E-state index contributed by atoms with van der Waals surface area (Å²) >= 11 is 0. The Morgan fingerprint density at radius 2 is 1.76 bits per heavy atom. The average molecular weight is 415 g/mol. The number of carbonyl (C=O) groups excluding carboxylic acids is 1. The number of esters is 1. The van der Waals surface area contributed by atoms with E-state index in [4.69, 9.17) is 13.9 Å². The molecule has 8 nitrogen and oxygen atoms in total. The van der Waals surface area contributed by atoms with Crippen LogP contribution in [0.5, 0.6) is 5.75 Å². The van der Waals surface area contributed by atoms with Gasteiger partial charge < -0.3 is 13.9 Å². The van der Waals surface area contributed by atoms with Gasteiger partial charge in [-0.25, -0.2) is 18.0 Å². The zero-order chi connectivity index (χ0) is 20.4. The fourth-order valence-corrected chi connectivity index (χ4v) is 4.44. The molecular weight excluding hydrogens is 398 g/mol. The highest BCUT2D eigenvalue weighted by Gasteiger charge is 2.27. The summed E-state index contributed by atoms with van der Waals surface area (Å²) in [6.07, 6.45) is 0. The first-order valence-electron chi connectivity index (χ1n) is 8.87. The fourth-order valence-electron chi connectivity index (χ4n) is 2.99. The summed E-state index contributed by atoms with van der Waals surface area (Å²) in [5.41, 5.74) is -0.137. The zero-order valence-corrected chi connectivity index (χ0v) is 16.1.